The molecule has 3 rings (SSSR count). The molecule has 0 aliphatic carbocycles. The predicted molar refractivity (Wildman–Crippen MR) is 71.4 cm³/mol. The Morgan fingerprint density at radius 2 is 1.63 bits per heavy atom. The molecule has 1 heterocycles. The minimum Gasteiger partial charge on any atom is -0.355 e. The first-order valence-corrected chi connectivity index (χ1v) is 5.79. The molecule has 2 nitrogen and oxygen atoms in total. The van der Waals surface area contributed by atoms with Crippen LogP contribution in [0, 0.1) is 11.6 Å². The lowest BCUT2D eigenvalue weighted by Crippen LogP contribution is -1.93. The highest BCUT2D eigenvalue weighted by atomic mass is 19.2. The van der Waals surface area contributed by atoms with Gasteiger partial charge in [-0.1, -0.05) is 6.07 Å². The Morgan fingerprint density at radius 3 is 2.47 bits per heavy atom. The van der Waals surface area contributed by atoms with Gasteiger partial charge in [0.2, 0.25) is 0 Å². The van der Waals surface area contributed by atoms with Crippen molar-refractivity contribution in [1.29, 1.82) is 0 Å². The van der Waals surface area contributed by atoms with E-state index in [2.05, 4.69) is 10.3 Å². The summed E-state index contributed by atoms with van der Waals surface area (Å²) < 4.78 is 25.9. The molecule has 1 aromatic heterocycles. The highest BCUT2D eigenvalue weighted by molar-refractivity contribution is 5.83. The van der Waals surface area contributed by atoms with E-state index in [0.29, 0.717) is 5.69 Å². The van der Waals surface area contributed by atoms with Crippen molar-refractivity contribution < 1.29 is 8.78 Å². The van der Waals surface area contributed by atoms with E-state index in [1.165, 1.54) is 6.07 Å². The van der Waals surface area contributed by atoms with E-state index in [1.54, 1.807) is 6.20 Å². The van der Waals surface area contributed by atoms with E-state index in [-0.39, 0.29) is 0 Å². The number of fused-ring (bicyclic) bond motifs is 1. The second kappa shape index (κ2) is 4.65. The lowest BCUT2D eigenvalue weighted by atomic mass is 10.2. The zero-order valence-corrected chi connectivity index (χ0v) is 9.90. The molecule has 0 fully saturated rings. The standard InChI is InChI=1S/C15H10F2N2/c16-13-5-3-12(9-14(13)17)19-11-4-6-15-10(8-11)2-1-7-18-15/h1-9,19H. The van der Waals surface area contributed by atoms with Crippen molar-refractivity contribution in [3.8, 4) is 0 Å². The van der Waals surface area contributed by atoms with Crippen molar-refractivity contribution in [2.75, 3.05) is 5.32 Å². The normalized spacial score (nSPS) is 10.6. The van der Waals surface area contributed by atoms with Crippen molar-refractivity contribution in [3.05, 3.63) is 66.4 Å². The molecule has 3 aromatic rings. The molecular weight excluding hydrogens is 246 g/mol. The Labute approximate surface area is 108 Å². The molecule has 2 aromatic carbocycles. The van der Waals surface area contributed by atoms with E-state index in [4.69, 9.17) is 0 Å². The summed E-state index contributed by atoms with van der Waals surface area (Å²) in [6.45, 7) is 0. The number of halogens is 2. The first-order valence-electron chi connectivity index (χ1n) is 5.79. The fraction of sp³-hybridized carbons (Fsp3) is 0. The van der Waals surface area contributed by atoms with Gasteiger partial charge in [-0.05, 0) is 36.4 Å². The highest BCUT2D eigenvalue weighted by Gasteiger charge is 2.03. The predicted octanol–water partition coefficient (Wildman–Crippen LogP) is 4.26. The molecule has 0 unspecified atom stereocenters. The molecule has 0 saturated heterocycles. The summed E-state index contributed by atoms with van der Waals surface area (Å²) in [6.07, 6.45) is 1.73. The molecule has 0 saturated carbocycles. The molecule has 0 bridgehead atoms. The minimum atomic E-state index is -0.868. The van der Waals surface area contributed by atoms with Gasteiger partial charge in [-0.3, -0.25) is 4.98 Å². The fourth-order valence-corrected chi connectivity index (χ4v) is 1.89. The van der Waals surface area contributed by atoms with Crippen LogP contribution in [-0.2, 0) is 0 Å². The zero-order chi connectivity index (χ0) is 13.2. The number of aromatic nitrogens is 1. The third-order valence-electron chi connectivity index (χ3n) is 2.81. The summed E-state index contributed by atoms with van der Waals surface area (Å²) in [6, 6.07) is 13.1. The Bertz CT molecular complexity index is 741. The van der Waals surface area contributed by atoms with Gasteiger partial charge >= 0.3 is 0 Å². The SMILES string of the molecule is Fc1ccc(Nc2ccc3ncccc3c2)cc1F. The van der Waals surface area contributed by atoms with Crippen LogP contribution in [-0.4, -0.2) is 4.98 Å². The smallest absolute Gasteiger partial charge is 0.160 e. The van der Waals surface area contributed by atoms with E-state index in [9.17, 15) is 8.78 Å². The van der Waals surface area contributed by atoms with Gasteiger partial charge in [0, 0.05) is 29.0 Å². The molecule has 19 heavy (non-hydrogen) atoms. The lowest BCUT2D eigenvalue weighted by Gasteiger charge is -2.07. The summed E-state index contributed by atoms with van der Waals surface area (Å²) in [7, 11) is 0. The van der Waals surface area contributed by atoms with Crippen LogP contribution in [0.1, 0.15) is 0 Å². The summed E-state index contributed by atoms with van der Waals surface area (Å²) in [4.78, 5) is 4.22. The van der Waals surface area contributed by atoms with Crippen molar-refractivity contribution >= 4 is 22.3 Å². The molecule has 94 valence electrons. The third kappa shape index (κ3) is 2.38. The maximum absolute atomic E-state index is 13.1. The quantitative estimate of drug-likeness (QED) is 0.741. The molecule has 0 aliphatic rings. The second-order valence-corrected chi connectivity index (χ2v) is 4.16. The molecule has 0 amide bonds. The van der Waals surface area contributed by atoms with Gasteiger partial charge in [0.15, 0.2) is 11.6 Å². The van der Waals surface area contributed by atoms with E-state index in [1.807, 2.05) is 30.3 Å². The van der Waals surface area contributed by atoms with Gasteiger partial charge in [0.05, 0.1) is 5.52 Å². The third-order valence-corrected chi connectivity index (χ3v) is 2.81. The van der Waals surface area contributed by atoms with Crippen LogP contribution in [0.15, 0.2) is 54.7 Å². The minimum absolute atomic E-state index is 0.502. The van der Waals surface area contributed by atoms with Crippen LogP contribution in [0.4, 0.5) is 20.2 Å². The topological polar surface area (TPSA) is 24.9 Å². The monoisotopic (exact) mass is 256 g/mol. The number of rotatable bonds is 2. The van der Waals surface area contributed by atoms with Gasteiger partial charge in [-0.15, -0.1) is 0 Å². The van der Waals surface area contributed by atoms with Crippen molar-refractivity contribution in [2.24, 2.45) is 0 Å². The molecule has 0 atom stereocenters. The number of hydrogen-bond acceptors (Lipinski definition) is 2. The van der Waals surface area contributed by atoms with Crippen molar-refractivity contribution in [1.82, 2.24) is 4.98 Å². The Morgan fingerprint density at radius 1 is 0.842 bits per heavy atom. The maximum atomic E-state index is 13.1. The number of nitrogens with zero attached hydrogens (tertiary/aromatic N) is 1. The number of hydrogen-bond donors (Lipinski definition) is 1. The van der Waals surface area contributed by atoms with E-state index >= 15 is 0 Å². The molecule has 0 aliphatic heterocycles. The fourth-order valence-electron chi connectivity index (χ4n) is 1.89. The van der Waals surface area contributed by atoms with Gasteiger partial charge in [0.1, 0.15) is 0 Å². The molecule has 4 heteroatoms. The van der Waals surface area contributed by atoms with E-state index < -0.39 is 11.6 Å². The van der Waals surface area contributed by atoms with Crippen LogP contribution in [0.3, 0.4) is 0 Å². The second-order valence-electron chi connectivity index (χ2n) is 4.16. The summed E-state index contributed by atoms with van der Waals surface area (Å²) in [5.41, 5.74) is 2.19. The van der Waals surface area contributed by atoms with Crippen LogP contribution in [0.2, 0.25) is 0 Å². The maximum Gasteiger partial charge on any atom is 0.160 e. The van der Waals surface area contributed by atoms with Gasteiger partial charge in [-0.25, -0.2) is 8.78 Å². The number of benzene rings is 2. The highest BCUT2D eigenvalue weighted by Crippen LogP contribution is 2.22. The Hall–Kier alpha value is -2.49. The average Bonchev–Trinajstić information content (AvgIpc) is 2.43. The summed E-state index contributed by atoms with van der Waals surface area (Å²) in [5, 5.41) is 4.01. The van der Waals surface area contributed by atoms with E-state index in [0.717, 1.165) is 28.7 Å². The summed E-state index contributed by atoms with van der Waals surface area (Å²) >= 11 is 0. The van der Waals surface area contributed by atoms with Crippen LogP contribution >= 0.6 is 0 Å². The number of nitrogens with one attached hydrogen (secondary N) is 1. The first-order chi connectivity index (χ1) is 9.22. The van der Waals surface area contributed by atoms with Crippen LogP contribution < -0.4 is 5.32 Å². The molecule has 0 spiro atoms. The number of anilines is 2. The van der Waals surface area contributed by atoms with Crippen molar-refractivity contribution in [2.45, 2.75) is 0 Å². The lowest BCUT2D eigenvalue weighted by molar-refractivity contribution is 0.509. The van der Waals surface area contributed by atoms with Gasteiger partial charge < -0.3 is 5.32 Å². The van der Waals surface area contributed by atoms with Gasteiger partial charge in [-0.2, -0.15) is 0 Å². The van der Waals surface area contributed by atoms with Crippen LogP contribution in [0.25, 0.3) is 10.9 Å². The number of pyridine rings is 1. The Kier molecular flexibility index (Phi) is 2.83. The molecule has 1 N–H and O–H groups in total. The summed E-state index contributed by atoms with van der Waals surface area (Å²) in [5.74, 6) is -1.72. The van der Waals surface area contributed by atoms with Crippen molar-refractivity contribution in [3.63, 3.8) is 0 Å². The molecule has 0 radical (unpaired) electrons. The Balaban J connectivity index is 1.94. The molecular formula is C15H10F2N2. The first kappa shape index (κ1) is 11.6. The largest absolute Gasteiger partial charge is 0.355 e. The van der Waals surface area contributed by atoms with Crippen LogP contribution in [0.5, 0.6) is 0 Å². The average molecular weight is 256 g/mol. The van der Waals surface area contributed by atoms with Gasteiger partial charge in [0.25, 0.3) is 0 Å². The zero-order valence-electron chi connectivity index (χ0n) is 9.90.